The molecule has 1 heterocycles. The van der Waals surface area contributed by atoms with Crippen LogP contribution in [0.5, 0.6) is 0 Å². The first-order valence-corrected chi connectivity index (χ1v) is 4.66. The number of aryl methyl sites for hydroxylation is 1. The van der Waals surface area contributed by atoms with Crippen LogP contribution in [-0.2, 0) is 13.6 Å². The average Bonchev–Trinajstić information content (AvgIpc) is 2.56. The number of carboxylic acid groups (broad SMARTS) is 1. The van der Waals surface area contributed by atoms with Crippen molar-refractivity contribution in [3.05, 3.63) is 30.1 Å². The van der Waals surface area contributed by atoms with Crippen molar-refractivity contribution < 1.29 is 9.90 Å². The predicted octanol–water partition coefficient (Wildman–Crippen LogP) is 0.782. The van der Waals surface area contributed by atoms with Gasteiger partial charge >= 0.3 is 5.97 Å². The lowest BCUT2D eigenvalue weighted by atomic mass is 10.2. The Morgan fingerprint density at radius 2 is 2.53 bits per heavy atom. The minimum atomic E-state index is -0.953. The van der Waals surface area contributed by atoms with Gasteiger partial charge in [-0.05, 0) is 6.92 Å². The van der Waals surface area contributed by atoms with Crippen molar-refractivity contribution >= 4 is 5.97 Å². The third kappa shape index (κ3) is 2.66. The molecule has 0 aliphatic rings. The van der Waals surface area contributed by atoms with Gasteiger partial charge in [-0.25, -0.2) is 4.79 Å². The molecule has 1 aromatic heterocycles. The molecule has 2 N–H and O–H groups in total. The Morgan fingerprint density at radius 1 is 1.87 bits per heavy atom. The van der Waals surface area contributed by atoms with Crippen LogP contribution in [0, 0.1) is 0 Å². The standard InChI is InChI=1S/C10H15N3O2/c1-4-7(2)11-6-9-8(10(14)15)5-12-13(9)3/h4-5,7,11H,1,6H2,2-3H3,(H,14,15). The van der Waals surface area contributed by atoms with E-state index in [4.69, 9.17) is 5.11 Å². The molecule has 0 saturated heterocycles. The topological polar surface area (TPSA) is 67.2 Å². The van der Waals surface area contributed by atoms with Crippen LogP contribution in [0.4, 0.5) is 0 Å². The van der Waals surface area contributed by atoms with E-state index in [1.54, 1.807) is 17.8 Å². The number of hydrogen-bond acceptors (Lipinski definition) is 3. The van der Waals surface area contributed by atoms with E-state index >= 15 is 0 Å². The van der Waals surface area contributed by atoms with Crippen molar-refractivity contribution in [2.45, 2.75) is 19.5 Å². The van der Waals surface area contributed by atoms with E-state index < -0.39 is 5.97 Å². The Balaban J connectivity index is 2.79. The highest BCUT2D eigenvalue weighted by Crippen LogP contribution is 2.07. The highest BCUT2D eigenvalue weighted by Gasteiger charge is 2.14. The van der Waals surface area contributed by atoms with Crippen molar-refractivity contribution in [1.29, 1.82) is 0 Å². The summed E-state index contributed by atoms with van der Waals surface area (Å²) in [7, 11) is 1.72. The molecular weight excluding hydrogens is 194 g/mol. The largest absolute Gasteiger partial charge is 0.478 e. The molecule has 1 atom stereocenters. The average molecular weight is 209 g/mol. The van der Waals surface area contributed by atoms with Crippen LogP contribution in [0.2, 0.25) is 0 Å². The molecule has 0 spiro atoms. The highest BCUT2D eigenvalue weighted by molar-refractivity contribution is 5.88. The molecule has 15 heavy (non-hydrogen) atoms. The minimum Gasteiger partial charge on any atom is -0.478 e. The molecule has 1 unspecified atom stereocenters. The first-order valence-electron chi connectivity index (χ1n) is 4.66. The van der Waals surface area contributed by atoms with Crippen LogP contribution < -0.4 is 5.32 Å². The number of rotatable bonds is 5. The Morgan fingerprint density at radius 3 is 3.07 bits per heavy atom. The summed E-state index contributed by atoms with van der Waals surface area (Å²) in [4.78, 5) is 10.8. The maximum Gasteiger partial charge on any atom is 0.339 e. The summed E-state index contributed by atoms with van der Waals surface area (Å²) < 4.78 is 1.56. The van der Waals surface area contributed by atoms with Crippen LogP contribution in [0.25, 0.3) is 0 Å². The van der Waals surface area contributed by atoms with Gasteiger partial charge in [-0.3, -0.25) is 4.68 Å². The van der Waals surface area contributed by atoms with Crippen LogP contribution in [0.15, 0.2) is 18.9 Å². The van der Waals surface area contributed by atoms with Gasteiger partial charge in [0.2, 0.25) is 0 Å². The van der Waals surface area contributed by atoms with E-state index in [2.05, 4.69) is 17.0 Å². The van der Waals surface area contributed by atoms with E-state index in [-0.39, 0.29) is 11.6 Å². The second-order valence-electron chi connectivity index (χ2n) is 3.34. The maximum atomic E-state index is 10.8. The zero-order valence-corrected chi connectivity index (χ0v) is 8.90. The fourth-order valence-corrected chi connectivity index (χ4v) is 1.19. The number of aromatic carboxylic acids is 1. The van der Waals surface area contributed by atoms with Crippen molar-refractivity contribution in [2.75, 3.05) is 0 Å². The Bertz CT molecular complexity index is 371. The molecule has 0 aliphatic carbocycles. The summed E-state index contributed by atoms with van der Waals surface area (Å²) in [6.07, 6.45) is 3.12. The molecule has 1 rings (SSSR count). The third-order valence-electron chi connectivity index (χ3n) is 2.24. The molecule has 0 saturated carbocycles. The van der Waals surface area contributed by atoms with Gasteiger partial charge in [0.15, 0.2) is 0 Å². The Hall–Kier alpha value is -1.62. The SMILES string of the molecule is C=CC(C)NCc1c(C(=O)O)cnn1C. The zero-order chi connectivity index (χ0) is 11.4. The molecule has 0 fully saturated rings. The van der Waals surface area contributed by atoms with E-state index in [0.717, 1.165) is 0 Å². The summed E-state index contributed by atoms with van der Waals surface area (Å²) in [6, 6.07) is 0.140. The highest BCUT2D eigenvalue weighted by atomic mass is 16.4. The number of carbonyl (C=O) groups is 1. The van der Waals surface area contributed by atoms with Crippen molar-refractivity contribution in [1.82, 2.24) is 15.1 Å². The molecule has 82 valence electrons. The van der Waals surface area contributed by atoms with Crippen molar-refractivity contribution in [3.63, 3.8) is 0 Å². The zero-order valence-electron chi connectivity index (χ0n) is 8.90. The summed E-state index contributed by atoms with van der Waals surface area (Å²) in [5.74, 6) is -0.953. The van der Waals surface area contributed by atoms with Crippen LogP contribution in [0.1, 0.15) is 23.0 Å². The Labute approximate surface area is 88.4 Å². The monoisotopic (exact) mass is 209 g/mol. The normalized spacial score (nSPS) is 12.4. The van der Waals surface area contributed by atoms with Gasteiger partial charge in [0.1, 0.15) is 5.56 Å². The number of hydrogen-bond donors (Lipinski definition) is 2. The van der Waals surface area contributed by atoms with E-state index in [1.807, 2.05) is 6.92 Å². The molecular formula is C10H15N3O2. The number of nitrogens with zero attached hydrogens (tertiary/aromatic N) is 2. The second-order valence-corrected chi connectivity index (χ2v) is 3.34. The van der Waals surface area contributed by atoms with E-state index in [0.29, 0.717) is 12.2 Å². The van der Waals surface area contributed by atoms with Gasteiger partial charge in [-0.2, -0.15) is 5.10 Å². The van der Waals surface area contributed by atoms with E-state index in [9.17, 15) is 4.79 Å². The quantitative estimate of drug-likeness (QED) is 0.703. The lowest BCUT2D eigenvalue weighted by Crippen LogP contribution is -2.25. The lowest BCUT2D eigenvalue weighted by Gasteiger charge is -2.09. The van der Waals surface area contributed by atoms with Gasteiger partial charge in [-0.15, -0.1) is 6.58 Å². The van der Waals surface area contributed by atoms with Gasteiger partial charge in [-0.1, -0.05) is 6.08 Å². The number of carboxylic acids is 1. The summed E-state index contributed by atoms with van der Waals surface area (Å²) >= 11 is 0. The number of nitrogens with one attached hydrogen (secondary N) is 1. The van der Waals surface area contributed by atoms with Crippen LogP contribution >= 0.6 is 0 Å². The van der Waals surface area contributed by atoms with Gasteiger partial charge in [0.05, 0.1) is 11.9 Å². The van der Waals surface area contributed by atoms with Crippen molar-refractivity contribution in [3.8, 4) is 0 Å². The predicted molar refractivity (Wildman–Crippen MR) is 56.7 cm³/mol. The number of aromatic nitrogens is 2. The van der Waals surface area contributed by atoms with Gasteiger partial charge in [0.25, 0.3) is 0 Å². The molecule has 0 radical (unpaired) electrons. The molecule has 5 heteroatoms. The first-order chi connectivity index (χ1) is 7.06. The molecule has 0 aliphatic heterocycles. The summed E-state index contributed by atoms with van der Waals surface area (Å²) in [6.45, 7) is 6.05. The lowest BCUT2D eigenvalue weighted by molar-refractivity contribution is 0.0695. The summed E-state index contributed by atoms with van der Waals surface area (Å²) in [5.41, 5.74) is 0.900. The first kappa shape index (κ1) is 11.5. The maximum absolute atomic E-state index is 10.8. The minimum absolute atomic E-state index is 0.140. The summed E-state index contributed by atoms with van der Waals surface area (Å²) in [5, 5.41) is 15.9. The third-order valence-corrected chi connectivity index (χ3v) is 2.24. The molecule has 0 amide bonds. The molecule has 0 bridgehead atoms. The Kier molecular flexibility index (Phi) is 3.62. The van der Waals surface area contributed by atoms with Gasteiger partial charge in [0, 0.05) is 19.6 Å². The van der Waals surface area contributed by atoms with Gasteiger partial charge < -0.3 is 10.4 Å². The van der Waals surface area contributed by atoms with Crippen molar-refractivity contribution in [2.24, 2.45) is 7.05 Å². The smallest absolute Gasteiger partial charge is 0.339 e. The molecule has 0 aromatic carbocycles. The molecule has 5 nitrogen and oxygen atoms in total. The van der Waals surface area contributed by atoms with Crippen LogP contribution in [0.3, 0.4) is 0 Å². The second kappa shape index (κ2) is 4.75. The fraction of sp³-hybridized carbons (Fsp3) is 0.400. The van der Waals surface area contributed by atoms with Crippen LogP contribution in [-0.4, -0.2) is 26.9 Å². The van der Waals surface area contributed by atoms with E-state index in [1.165, 1.54) is 6.20 Å². The molecule has 1 aromatic rings. The fourth-order valence-electron chi connectivity index (χ4n) is 1.19.